The Morgan fingerprint density at radius 1 is 0.786 bits per heavy atom. The Kier molecular flexibility index (Phi) is 16.6. The Bertz CT molecular complexity index is 995. The number of hydrogen-bond acceptors (Lipinski definition) is 14. The zero-order valence-electron chi connectivity index (χ0n) is 23.0. The maximum atomic E-state index is 12.6. The predicted molar refractivity (Wildman–Crippen MR) is 180 cm³/mol. The second kappa shape index (κ2) is 19.9. The highest BCUT2D eigenvalue weighted by atomic mass is 32.2. The summed E-state index contributed by atoms with van der Waals surface area (Å²) in [7, 11) is 0. The summed E-state index contributed by atoms with van der Waals surface area (Å²) in [5.74, 6) is 5.87. The van der Waals surface area contributed by atoms with Crippen LogP contribution in [-0.4, -0.2) is 104 Å². The van der Waals surface area contributed by atoms with Gasteiger partial charge in [-0.1, -0.05) is 42.7 Å². The number of rotatable bonds is 16. The van der Waals surface area contributed by atoms with Gasteiger partial charge in [0.15, 0.2) is 0 Å². The molecule has 42 heavy (non-hydrogen) atoms. The zero-order chi connectivity index (χ0) is 30.2. The van der Waals surface area contributed by atoms with Crippen LogP contribution in [0.4, 0.5) is 0 Å². The molecule has 2 aliphatic rings. The van der Waals surface area contributed by atoms with Gasteiger partial charge in [-0.2, -0.15) is 23.5 Å². The van der Waals surface area contributed by atoms with Gasteiger partial charge >= 0.3 is 11.9 Å². The van der Waals surface area contributed by atoms with E-state index in [9.17, 15) is 19.2 Å². The van der Waals surface area contributed by atoms with Crippen LogP contribution in [0.25, 0.3) is 0 Å². The van der Waals surface area contributed by atoms with Crippen molar-refractivity contribution in [2.45, 2.75) is 22.7 Å². The van der Waals surface area contributed by atoms with E-state index in [1.165, 1.54) is 0 Å². The first-order valence-corrected chi connectivity index (χ1v) is 19.5. The van der Waals surface area contributed by atoms with Crippen LogP contribution in [0.2, 0.25) is 0 Å². The average molecular weight is 691 g/mol. The van der Waals surface area contributed by atoms with Crippen LogP contribution < -0.4 is 9.47 Å². The van der Waals surface area contributed by atoms with Crippen LogP contribution in [0.3, 0.4) is 0 Å². The Balaban J connectivity index is 1.52. The van der Waals surface area contributed by atoms with Gasteiger partial charge in [-0.3, -0.25) is 9.59 Å². The molecule has 0 spiro atoms. The molecule has 1 aromatic carbocycles. The summed E-state index contributed by atoms with van der Waals surface area (Å²) in [6, 6.07) is 6.88. The van der Waals surface area contributed by atoms with E-state index < -0.39 is 24.1 Å². The predicted octanol–water partition coefficient (Wildman–Crippen LogP) is 4.86. The molecule has 0 radical (unpaired) electrons. The van der Waals surface area contributed by atoms with E-state index in [0.717, 1.165) is 70.2 Å². The number of esters is 2. The minimum atomic E-state index is -0.659. The van der Waals surface area contributed by atoms with Crippen molar-refractivity contribution in [1.82, 2.24) is 0 Å². The van der Waals surface area contributed by atoms with Crippen molar-refractivity contribution in [3.63, 3.8) is 0 Å². The summed E-state index contributed by atoms with van der Waals surface area (Å²) in [6.07, 6.45) is 0.841. The van der Waals surface area contributed by atoms with Crippen molar-refractivity contribution in [1.29, 1.82) is 0 Å². The van der Waals surface area contributed by atoms with Crippen molar-refractivity contribution in [2.24, 2.45) is 0 Å². The summed E-state index contributed by atoms with van der Waals surface area (Å²) >= 11 is 9.16. The molecular formula is C28H34O8S6. The van der Waals surface area contributed by atoms with Gasteiger partial charge in [0.1, 0.15) is 36.9 Å². The summed E-state index contributed by atoms with van der Waals surface area (Å²) < 4.78 is 22.6. The van der Waals surface area contributed by atoms with Crippen LogP contribution in [0.15, 0.2) is 49.6 Å². The normalized spacial score (nSPS) is 19.9. The molecule has 4 atom stereocenters. The highest BCUT2D eigenvalue weighted by Crippen LogP contribution is 2.30. The lowest BCUT2D eigenvalue weighted by molar-refractivity contribution is -0.144. The fourth-order valence-corrected chi connectivity index (χ4v) is 11.0. The second-order valence-electron chi connectivity index (χ2n) is 8.75. The minimum Gasteiger partial charge on any atom is -0.490 e. The van der Waals surface area contributed by atoms with Crippen molar-refractivity contribution in [3.8, 4) is 11.5 Å². The van der Waals surface area contributed by atoms with Crippen molar-refractivity contribution < 1.29 is 38.1 Å². The number of hydrogen-bond donors (Lipinski definition) is 0. The first kappa shape index (κ1) is 35.2. The Hall–Kier alpha value is -1.32. The van der Waals surface area contributed by atoms with E-state index in [0.29, 0.717) is 11.5 Å². The summed E-state index contributed by atoms with van der Waals surface area (Å²) in [5.41, 5.74) is 0. The van der Waals surface area contributed by atoms with E-state index in [2.05, 4.69) is 13.2 Å². The van der Waals surface area contributed by atoms with E-state index in [4.69, 9.17) is 18.9 Å². The lowest BCUT2D eigenvalue weighted by Crippen LogP contribution is -2.29. The summed E-state index contributed by atoms with van der Waals surface area (Å²) in [5, 5.41) is 0.0291. The van der Waals surface area contributed by atoms with E-state index in [-0.39, 0.29) is 45.4 Å². The topological polar surface area (TPSA) is 105 Å². The number of ether oxygens (including phenoxy) is 4. The third-order valence-electron chi connectivity index (χ3n) is 5.56. The van der Waals surface area contributed by atoms with Crippen LogP contribution >= 0.6 is 70.6 Å². The maximum absolute atomic E-state index is 12.6. The molecule has 0 saturated carbocycles. The molecule has 2 aliphatic heterocycles. The molecule has 8 nitrogen and oxygen atoms in total. The Morgan fingerprint density at radius 3 is 1.62 bits per heavy atom. The van der Waals surface area contributed by atoms with Gasteiger partial charge in [0.05, 0.1) is 10.5 Å². The molecule has 14 heteroatoms. The van der Waals surface area contributed by atoms with Crippen LogP contribution in [-0.2, 0) is 28.7 Å². The SMILES string of the molecule is C=CC(=O)OC(COc1cccc(OCC(CSC(=O)C2CSCCS2)OC(=O)C=C)c1)CSC(=O)C1CSCCS1. The molecular weight excluding hydrogens is 657 g/mol. The van der Waals surface area contributed by atoms with Crippen molar-refractivity contribution in [2.75, 3.05) is 59.2 Å². The average Bonchev–Trinajstić information content (AvgIpc) is 3.04. The maximum Gasteiger partial charge on any atom is 0.330 e. The molecule has 0 aliphatic carbocycles. The quantitative estimate of drug-likeness (QED) is 0.174. The highest BCUT2D eigenvalue weighted by Gasteiger charge is 2.26. The largest absolute Gasteiger partial charge is 0.490 e. The molecule has 230 valence electrons. The van der Waals surface area contributed by atoms with E-state index in [1.54, 1.807) is 71.3 Å². The van der Waals surface area contributed by atoms with Gasteiger partial charge in [-0.25, -0.2) is 9.59 Å². The number of carbonyl (C=O) groups is 4. The first-order valence-electron chi connectivity index (χ1n) is 13.1. The molecule has 2 fully saturated rings. The monoisotopic (exact) mass is 690 g/mol. The standard InChI is InChI=1S/C28H34O8S6/c1-3-25(29)35-21(15-41-27(31)23-17-37-8-10-39-23)13-33-19-6-5-7-20(12-19)34-14-22(36-26(30)4-2)16-42-28(32)24-18-38-9-11-40-24/h3-7,12,21-24H,1-2,8-11,13-18H2. The smallest absolute Gasteiger partial charge is 0.330 e. The third kappa shape index (κ3) is 13.1. The Labute approximate surface area is 272 Å². The van der Waals surface area contributed by atoms with Gasteiger partial charge < -0.3 is 18.9 Å². The molecule has 0 N–H and O–H groups in total. The lowest BCUT2D eigenvalue weighted by atomic mass is 10.3. The van der Waals surface area contributed by atoms with Gasteiger partial charge in [0.2, 0.25) is 10.2 Å². The number of thioether (sulfide) groups is 6. The second-order valence-corrected chi connectivity index (χ2v) is 15.7. The van der Waals surface area contributed by atoms with Gasteiger partial charge in [-0.05, 0) is 12.1 Å². The van der Waals surface area contributed by atoms with Gasteiger partial charge in [0.25, 0.3) is 0 Å². The zero-order valence-corrected chi connectivity index (χ0v) is 27.9. The number of carbonyl (C=O) groups excluding carboxylic acids is 4. The van der Waals surface area contributed by atoms with Crippen molar-refractivity contribution >= 4 is 92.7 Å². The van der Waals surface area contributed by atoms with Gasteiger partial charge in [0, 0.05) is 64.2 Å². The van der Waals surface area contributed by atoms with E-state index in [1.807, 2.05) is 0 Å². The lowest BCUT2D eigenvalue weighted by Gasteiger charge is -2.22. The van der Waals surface area contributed by atoms with Crippen LogP contribution in [0.5, 0.6) is 11.5 Å². The van der Waals surface area contributed by atoms with Crippen LogP contribution in [0.1, 0.15) is 0 Å². The molecule has 0 amide bonds. The number of benzene rings is 1. The van der Waals surface area contributed by atoms with Crippen LogP contribution in [0, 0.1) is 0 Å². The molecule has 3 rings (SSSR count). The third-order valence-corrected chi connectivity index (χ3v) is 13.6. The minimum absolute atomic E-state index is 0.0334. The molecule has 1 aromatic rings. The highest BCUT2D eigenvalue weighted by molar-refractivity contribution is 8.17. The fraction of sp³-hybridized carbons (Fsp3) is 0.500. The summed E-state index contributed by atoms with van der Waals surface area (Å²) in [4.78, 5) is 49.0. The van der Waals surface area contributed by atoms with Crippen molar-refractivity contribution in [3.05, 3.63) is 49.6 Å². The fourth-order valence-electron chi connectivity index (χ4n) is 3.47. The molecule has 4 unspecified atom stereocenters. The van der Waals surface area contributed by atoms with Gasteiger partial charge in [-0.15, -0.1) is 23.5 Å². The summed E-state index contributed by atoms with van der Waals surface area (Å²) in [6.45, 7) is 6.96. The molecule has 0 aromatic heterocycles. The van der Waals surface area contributed by atoms with E-state index >= 15 is 0 Å². The molecule has 2 saturated heterocycles. The first-order chi connectivity index (χ1) is 20.4. The molecule has 2 heterocycles. The Morgan fingerprint density at radius 2 is 1.24 bits per heavy atom. The molecule has 0 bridgehead atoms.